The number of benzene rings is 1. The van der Waals surface area contributed by atoms with E-state index in [9.17, 15) is 4.79 Å². The average Bonchev–Trinajstić information content (AvgIpc) is 3.08. The molecule has 0 radical (unpaired) electrons. The Morgan fingerprint density at radius 3 is 2.59 bits per heavy atom. The number of aryl methyl sites for hydroxylation is 1. The zero-order chi connectivity index (χ0) is 19.1. The molecule has 3 rings (SSSR count). The van der Waals surface area contributed by atoms with E-state index in [4.69, 9.17) is 4.74 Å². The molecule has 0 atom stereocenters. The van der Waals surface area contributed by atoms with Crippen molar-refractivity contribution >= 4 is 29.5 Å². The first kappa shape index (κ1) is 20.3. The van der Waals surface area contributed by atoms with Crippen LogP contribution in [0.15, 0.2) is 34.3 Å². The highest BCUT2D eigenvalue weighted by Gasteiger charge is 2.19. The third-order valence-corrected chi connectivity index (χ3v) is 6.62. The molecule has 0 amide bonds. The molecule has 1 heterocycles. The number of nitrogens with zero attached hydrogens (tertiary/aromatic N) is 3. The van der Waals surface area contributed by atoms with Crippen molar-refractivity contribution in [2.24, 2.45) is 0 Å². The second-order valence-corrected chi connectivity index (χ2v) is 8.77. The van der Waals surface area contributed by atoms with Gasteiger partial charge < -0.3 is 9.30 Å². The number of aromatic nitrogens is 3. The van der Waals surface area contributed by atoms with Crippen LogP contribution < -0.4 is 0 Å². The van der Waals surface area contributed by atoms with Crippen LogP contribution in [0.3, 0.4) is 0 Å². The molecule has 0 N–H and O–H groups in total. The van der Waals surface area contributed by atoms with Gasteiger partial charge in [0.1, 0.15) is 11.9 Å². The van der Waals surface area contributed by atoms with Gasteiger partial charge in [-0.15, -0.1) is 22.0 Å². The first-order valence-corrected chi connectivity index (χ1v) is 11.6. The summed E-state index contributed by atoms with van der Waals surface area (Å²) in [7, 11) is 0. The van der Waals surface area contributed by atoms with E-state index < -0.39 is 0 Å². The SMILES string of the molecule is CCn1c(CSc2ccc(C)cc2)nnc1SCC(=O)OC1CCCCC1. The van der Waals surface area contributed by atoms with Crippen LogP contribution in [0, 0.1) is 6.92 Å². The Morgan fingerprint density at radius 2 is 1.89 bits per heavy atom. The molecule has 7 heteroatoms. The average molecular weight is 406 g/mol. The van der Waals surface area contributed by atoms with Gasteiger partial charge in [-0.2, -0.15) is 0 Å². The molecule has 5 nitrogen and oxygen atoms in total. The highest BCUT2D eigenvalue weighted by Crippen LogP contribution is 2.25. The van der Waals surface area contributed by atoms with E-state index in [0.717, 1.165) is 49.0 Å². The van der Waals surface area contributed by atoms with Crippen molar-refractivity contribution in [2.75, 3.05) is 5.75 Å². The van der Waals surface area contributed by atoms with Crippen molar-refractivity contribution in [1.29, 1.82) is 0 Å². The lowest BCUT2D eigenvalue weighted by molar-refractivity contribution is -0.147. The van der Waals surface area contributed by atoms with Crippen molar-refractivity contribution in [3.8, 4) is 0 Å². The molecule has 0 spiro atoms. The van der Waals surface area contributed by atoms with E-state index in [0.29, 0.717) is 5.75 Å². The van der Waals surface area contributed by atoms with Gasteiger partial charge in [-0.25, -0.2) is 0 Å². The number of hydrogen-bond donors (Lipinski definition) is 0. The van der Waals surface area contributed by atoms with Crippen LogP contribution in [-0.2, 0) is 21.8 Å². The van der Waals surface area contributed by atoms with Gasteiger partial charge in [-0.1, -0.05) is 35.9 Å². The Balaban J connectivity index is 1.51. The Kier molecular flexibility index (Phi) is 7.64. The Bertz CT molecular complexity index is 740. The molecular formula is C20H27N3O2S2. The number of carbonyl (C=O) groups excluding carboxylic acids is 1. The molecule has 0 bridgehead atoms. The molecule has 1 aromatic heterocycles. The fourth-order valence-electron chi connectivity index (χ4n) is 3.16. The van der Waals surface area contributed by atoms with Gasteiger partial charge >= 0.3 is 5.97 Å². The molecule has 2 aromatic rings. The van der Waals surface area contributed by atoms with Gasteiger partial charge in [0, 0.05) is 11.4 Å². The fraction of sp³-hybridized carbons (Fsp3) is 0.550. The van der Waals surface area contributed by atoms with Crippen LogP contribution in [0.25, 0.3) is 0 Å². The van der Waals surface area contributed by atoms with Crippen molar-refractivity contribution in [3.05, 3.63) is 35.7 Å². The molecule has 0 saturated heterocycles. The maximum atomic E-state index is 12.1. The summed E-state index contributed by atoms with van der Waals surface area (Å²) < 4.78 is 7.67. The maximum Gasteiger partial charge on any atom is 0.316 e. The summed E-state index contributed by atoms with van der Waals surface area (Å²) in [5, 5.41) is 9.41. The Labute approximate surface area is 169 Å². The number of carbonyl (C=O) groups is 1. The predicted octanol–water partition coefficient (Wildman–Crippen LogP) is 4.87. The first-order valence-electron chi connectivity index (χ1n) is 9.59. The number of hydrogen-bond acceptors (Lipinski definition) is 6. The summed E-state index contributed by atoms with van der Waals surface area (Å²) in [5.41, 5.74) is 1.26. The molecule has 1 aromatic carbocycles. The molecule has 27 heavy (non-hydrogen) atoms. The van der Waals surface area contributed by atoms with Gasteiger partial charge in [-0.05, 0) is 51.7 Å². The van der Waals surface area contributed by atoms with Crippen LogP contribution in [-0.4, -0.2) is 32.6 Å². The predicted molar refractivity (Wildman–Crippen MR) is 110 cm³/mol. The third kappa shape index (κ3) is 6.01. The van der Waals surface area contributed by atoms with Gasteiger partial charge in [0.05, 0.1) is 11.5 Å². The van der Waals surface area contributed by atoms with Crippen LogP contribution in [0.5, 0.6) is 0 Å². The minimum Gasteiger partial charge on any atom is -0.462 e. The molecule has 1 aliphatic rings. The van der Waals surface area contributed by atoms with Crippen LogP contribution in [0.2, 0.25) is 0 Å². The Morgan fingerprint density at radius 1 is 1.15 bits per heavy atom. The van der Waals surface area contributed by atoms with Crippen molar-refractivity contribution in [2.45, 2.75) is 74.4 Å². The van der Waals surface area contributed by atoms with E-state index in [1.54, 1.807) is 11.8 Å². The van der Waals surface area contributed by atoms with E-state index in [-0.39, 0.29) is 12.1 Å². The Hall–Kier alpha value is -1.47. The molecule has 1 aliphatic carbocycles. The minimum absolute atomic E-state index is 0.109. The van der Waals surface area contributed by atoms with E-state index in [2.05, 4.69) is 52.9 Å². The second kappa shape index (κ2) is 10.2. The van der Waals surface area contributed by atoms with Crippen LogP contribution in [0.4, 0.5) is 0 Å². The number of rotatable bonds is 8. The van der Waals surface area contributed by atoms with E-state index in [1.807, 2.05) is 0 Å². The largest absolute Gasteiger partial charge is 0.462 e. The monoisotopic (exact) mass is 405 g/mol. The summed E-state index contributed by atoms with van der Waals surface area (Å²) in [6.07, 6.45) is 5.70. The second-order valence-electron chi connectivity index (χ2n) is 6.78. The van der Waals surface area contributed by atoms with Crippen LogP contribution in [0.1, 0.15) is 50.4 Å². The topological polar surface area (TPSA) is 57.0 Å². The normalized spacial score (nSPS) is 15.0. The van der Waals surface area contributed by atoms with E-state index >= 15 is 0 Å². The highest BCUT2D eigenvalue weighted by molar-refractivity contribution is 7.99. The smallest absolute Gasteiger partial charge is 0.316 e. The standard InChI is InChI=1S/C20H27N3O2S2/c1-3-23-18(13-26-17-11-9-15(2)10-12-17)21-22-20(23)27-14-19(24)25-16-7-5-4-6-8-16/h9-12,16H,3-8,13-14H2,1-2H3. The van der Waals surface area contributed by atoms with Gasteiger partial charge in [0.15, 0.2) is 5.16 Å². The summed E-state index contributed by atoms with van der Waals surface area (Å²) in [6.45, 7) is 4.95. The highest BCUT2D eigenvalue weighted by atomic mass is 32.2. The molecule has 0 unspecified atom stereocenters. The lowest BCUT2D eigenvalue weighted by atomic mass is 9.98. The molecular weight excluding hydrogens is 378 g/mol. The molecule has 146 valence electrons. The van der Waals surface area contributed by atoms with Gasteiger partial charge in [-0.3, -0.25) is 4.79 Å². The number of ether oxygens (including phenoxy) is 1. The maximum absolute atomic E-state index is 12.1. The fourth-order valence-corrected chi connectivity index (χ4v) is 4.80. The zero-order valence-corrected chi connectivity index (χ0v) is 17.7. The number of thioether (sulfide) groups is 2. The molecule has 1 saturated carbocycles. The zero-order valence-electron chi connectivity index (χ0n) is 16.0. The lowest BCUT2D eigenvalue weighted by Gasteiger charge is -2.21. The van der Waals surface area contributed by atoms with Crippen molar-refractivity contribution < 1.29 is 9.53 Å². The summed E-state index contributed by atoms with van der Waals surface area (Å²) in [6, 6.07) is 8.49. The lowest BCUT2D eigenvalue weighted by Crippen LogP contribution is -2.22. The molecule has 0 aliphatic heterocycles. The third-order valence-electron chi connectivity index (χ3n) is 4.67. The van der Waals surface area contributed by atoms with E-state index in [1.165, 1.54) is 28.6 Å². The van der Waals surface area contributed by atoms with Crippen molar-refractivity contribution in [1.82, 2.24) is 14.8 Å². The van der Waals surface area contributed by atoms with Gasteiger partial charge in [0.2, 0.25) is 0 Å². The minimum atomic E-state index is -0.145. The number of esters is 1. The summed E-state index contributed by atoms with van der Waals surface area (Å²) in [4.78, 5) is 13.3. The van der Waals surface area contributed by atoms with Crippen molar-refractivity contribution in [3.63, 3.8) is 0 Å². The molecule has 1 fully saturated rings. The first-order chi connectivity index (χ1) is 13.2. The summed E-state index contributed by atoms with van der Waals surface area (Å²) >= 11 is 3.17. The van der Waals surface area contributed by atoms with Gasteiger partial charge in [0.25, 0.3) is 0 Å². The quantitative estimate of drug-likeness (QED) is 0.461. The van der Waals surface area contributed by atoms with Crippen LogP contribution >= 0.6 is 23.5 Å². The summed E-state index contributed by atoms with van der Waals surface area (Å²) in [5.74, 6) is 1.84.